The molecular formula is C35H36N4O. The Kier molecular flexibility index (Phi) is 7.62. The molecule has 1 saturated carbocycles. The molecule has 2 aliphatic rings. The lowest BCUT2D eigenvalue weighted by Gasteiger charge is -2.27. The van der Waals surface area contributed by atoms with Gasteiger partial charge in [0.05, 0.1) is 23.6 Å². The van der Waals surface area contributed by atoms with Crippen LogP contribution in [0.4, 0.5) is 21.9 Å². The number of fused-ring (bicyclic) bond motifs is 1. The molecular weight excluding hydrogens is 492 g/mol. The number of urea groups is 1. The quantitative estimate of drug-likeness (QED) is 0.246. The number of nitrogens with two attached hydrogens (primary N) is 1. The van der Waals surface area contributed by atoms with Gasteiger partial charge in [-0.25, -0.2) is 9.80 Å². The predicted molar refractivity (Wildman–Crippen MR) is 164 cm³/mol. The largest absolute Gasteiger partial charge is 0.399 e. The first kappa shape index (κ1) is 25.9. The highest BCUT2D eigenvalue weighted by Gasteiger charge is 2.34. The molecule has 2 amide bonds. The van der Waals surface area contributed by atoms with Crippen LogP contribution in [-0.2, 0) is 19.4 Å². The van der Waals surface area contributed by atoms with E-state index in [4.69, 9.17) is 10.8 Å². The monoisotopic (exact) mass is 528 g/mol. The number of carbonyl (C=O) groups is 1. The molecule has 0 spiro atoms. The molecule has 0 atom stereocenters. The SMILES string of the molecule is Nc1ccc(N2C(=O)N(Cc3ccccc3CCc3ccccc3)N=C(C3CCCCC3)c3ccccc32)cc1. The maximum absolute atomic E-state index is 14.4. The van der Waals surface area contributed by atoms with Gasteiger partial charge < -0.3 is 5.73 Å². The van der Waals surface area contributed by atoms with Crippen LogP contribution in [0.3, 0.4) is 0 Å². The van der Waals surface area contributed by atoms with Gasteiger partial charge in [-0.2, -0.15) is 5.10 Å². The van der Waals surface area contributed by atoms with Crippen LogP contribution in [0.2, 0.25) is 0 Å². The van der Waals surface area contributed by atoms with Crippen molar-refractivity contribution in [3.8, 4) is 0 Å². The Bertz CT molecular complexity index is 1490. The molecule has 1 heterocycles. The summed E-state index contributed by atoms with van der Waals surface area (Å²) < 4.78 is 0. The van der Waals surface area contributed by atoms with Crippen LogP contribution in [-0.4, -0.2) is 16.8 Å². The first-order valence-corrected chi connectivity index (χ1v) is 14.4. The van der Waals surface area contributed by atoms with Gasteiger partial charge in [0.25, 0.3) is 0 Å². The van der Waals surface area contributed by atoms with Crippen LogP contribution >= 0.6 is 0 Å². The number of nitrogen functional groups attached to an aromatic ring is 1. The number of para-hydroxylation sites is 1. The van der Waals surface area contributed by atoms with E-state index in [1.165, 1.54) is 30.4 Å². The van der Waals surface area contributed by atoms with Gasteiger partial charge in [0.15, 0.2) is 0 Å². The third kappa shape index (κ3) is 5.50. The summed E-state index contributed by atoms with van der Waals surface area (Å²) in [4.78, 5) is 16.2. The van der Waals surface area contributed by atoms with Crippen molar-refractivity contribution in [2.75, 3.05) is 10.6 Å². The molecule has 0 aromatic heterocycles. The number of carbonyl (C=O) groups excluding carboxylic acids is 1. The molecule has 1 fully saturated rings. The fraction of sp³-hybridized carbons (Fsp3) is 0.257. The Hall–Kier alpha value is -4.38. The molecule has 4 aromatic rings. The van der Waals surface area contributed by atoms with Gasteiger partial charge in [-0.1, -0.05) is 92.1 Å². The van der Waals surface area contributed by atoms with Crippen molar-refractivity contribution in [3.05, 3.63) is 125 Å². The maximum atomic E-state index is 14.4. The summed E-state index contributed by atoms with van der Waals surface area (Å²) in [6.45, 7) is 0.416. The van der Waals surface area contributed by atoms with Crippen molar-refractivity contribution in [1.29, 1.82) is 0 Å². The molecule has 2 N–H and O–H groups in total. The van der Waals surface area contributed by atoms with Crippen LogP contribution < -0.4 is 10.6 Å². The summed E-state index contributed by atoms with van der Waals surface area (Å²) in [5.74, 6) is 0.338. The summed E-state index contributed by atoms with van der Waals surface area (Å²) >= 11 is 0. The fourth-order valence-corrected chi connectivity index (χ4v) is 6.02. The van der Waals surface area contributed by atoms with E-state index >= 15 is 0 Å². The molecule has 1 aliphatic carbocycles. The van der Waals surface area contributed by atoms with Gasteiger partial charge >= 0.3 is 6.03 Å². The zero-order chi connectivity index (χ0) is 27.3. The molecule has 40 heavy (non-hydrogen) atoms. The van der Waals surface area contributed by atoms with E-state index in [-0.39, 0.29) is 6.03 Å². The van der Waals surface area contributed by atoms with Gasteiger partial charge in [-0.05, 0) is 72.7 Å². The van der Waals surface area contributed by atoms with Gasteiger partial charge in [-0.3, -0.25) is 4.90 Å². The maximum Gasteiger partial charge on any atom is 0.349 e. The summed E-state index contributed by atoms with van der Waals surface area (Å²) in [5.41, 5.74) is 14.1. The zero-order valence-corrected chi connectivity index (χ0v) is 22.9. The molecule has 0 bridgehead atoms. The van der Waals surface area contributed by atoms with Crippen molar-refractivity contribution >= 4 is 28.8 Å². The van der Waals surface area contributed by atoms with Crippen LogP contribution in [0.15, 0.2) is 108 Å². The Morgan fingerprint density at radius 3 is 2.17 bits per heavy atom. The van der Waals surface area contributed by atoms with Crippen LogP contribution in [0, 0.1) is 5.92 Å². The number of rotatable bonds is 7. The Morgan fingerprint density at radius 2 is 1.40 bits per heavy atom. The molecule has 0 saturated heterocycles. The van der Waals surface area contributed by atoms with Crippen molar-refractivity contribution in [1.82, 2.24) is 5.01 Å². The van der Waals surface area contributed by atoms with Crippen LogP contribution in [0.5, 0.6) is 0 Å². The van der Waals surface area contributed by atoms with Crippen molar-refractivity contribution in [2.45, 2.75) is 51.5 Å². The standard InChI is InChI=1S/C35H36N4O/c36-30-21-23-31(24-22-30)39-33-18-10-9-17-32(33)34(28-14-5-2-6-15-28)37-38(35(39)40)25-29-16-8-7-13-27(29)20-19-26-11-3-1-4-12-26/h1,3-4,7-13,16-18,21-24,28H,2,5-6,14-15,19-20,25,36H2. The van der Waals surface area contributed by atoms with Gasteiger partial charge in [0.1, 0.15) is 0 Å². The van der Waals surface area contributed by atoms with Gasteiger partial charge in [0.2, 0.25) is 0 Å². The number of aryl methyl sites for hydroxylation is 2. The van der Waals surface area contributed by atoms with Crippen molar-refractivity contribution in [2.24, 2.45) is 11.0 Å². The van der Waals surface area contributed by atoms with E-state index in [9.17, 15) is 4.79 Å². The molecule has 6 rings (SSSR count). The highest BCUT2D eigenvalue weighted by Crippen LogP contribution is 2.38. The van der Waals surface area contributed by atoms with Gasteiger partial charge in [0, 0.05) is 17.2 Å². The zero-order valence-electron chi connectivity index (χ0n) is 22.9. The number of hydrazone groups is 1. The number of nitrogens with zero attached hydrogens (tertiary/aromatic N) is 3. The summed E-state index contributed by atoms with van der Waals surface area (Å²) in [6, 6.07) is 34.6. The van der Waals surface area contributed by atoms with E-state index in [2.05, 4.69) is 66.7 Å². The highest BCUT2D eigenvalue weighted by atomic mass is 16.2. The minimum atomic E-state index is -0.152. The van der Waals surface area contributed by atoms with Crippen LogP contribution in [0.1, 0.15) is 54.4 Å². The van der Waals surface area contributed by atoms with E-state index in [0.717, 1.165) is 53.9 Å². The molecule has 0 radical (unpaired) electrons. The second-order valence-electron chi connectivity index (χ2n) is 10.9. The number of amides is 2. The Morgan fingerprint density at radius 1 is 0.725 bits per heavy atom. The minimum Gasteiger partial charge on any atom is -0.399 e. The highest BCUT2D eigenvalue weighted by molar-refractivity contribution is 6.13. The molecule has 0 unspecified atom stereocenters. The minimum absolute atomic E-state index is 0.152. The number of benzene rings is 4. The fourth-order valence-electron chi connectivity index (χ4n) is 6.02. The first-order valence-electron chi connectivity index (χ1n) is 14.4. The second kappa shape index (κ2) is 11.8. The number of anilines is 3. The number of hydrogen-bond donors (Lipinski definition) is 1. The molecule has 4 aromatic carbocycles. The normalized spacial score (nSPS) is 15.9. The topological polar surface area (TPSA) is 61.9 Å². The van der Waals surface area contributed by atoms with E-state index in [1.807, 2.05) is 36.4 Å². The Labute approximate surface area is 236 Å². The Balaban J connectivity index is 1.40. The number of hydrogen-bond acceptors (Lipinski definition) is 3. The van der Waals surface area contributed by atoms with E-state index < -0.39 is 0 Å². The summed E-state index contributed by atoms with van der Waals surface area (Å²) in [7, 11) is 0. The molecule has 1 aliphatic heterocycles. The van der Waals surface area contributed by atoms with Crippen molar-refractivity contribution in [3.63, 3.8) is 0 Å². The molecule has 5 nitrogen and oxygen atoms in total. The molecule has 202 valence electrons. The third-order valence-corrected chi connectivity index (χ3v) is 8.17. The first-order chi connectivity index (χ1) is 19.7. The second-order valence-corrected chi connectivity index (χ2v) is 10.9. The third-order valence-electron chi connectivity index (χ3n) is 8.17. The van der Waals surface area contributed by atoms with E-state index in [1.54, 1.807) is 9.91 Å². The summed E-state index contributed by atoms with van der Waals surface area (Å²) in [5, 5.41) is 6.90. The lowest BCUT2D eigenvalue weighted by Crippen LogP contribution is -2.37. The molecule has 5 heteroatoms. The average Bonchev–Trinajstić information content (AvgIpc) is 3.12. The lowest BCUT2D eigenvalue weighted by atomic mass is 9.83. The smallest absolute Gasteiger partial charge is 0.349 e. The van der Waals surface area contributed by atoms with E-state index in [0.29, 0.717) is 18.2 Å². The van der Waals surface area contributed by atoms with Crippen molar-refractivity contribution < 1.29 is 4.79 Å². The average molecular weight is 529 g/mol. The predicted octanol–water partition coefficient (Wildman–Crippen LogP) is 8.11. The summed E-state index contributed by atoms with van der Waals surface area (Å²) in [6.07, 6.45) is 7.72. The lowest BCUT2D eigenvalue weighted by molar-refractivity contribution is 0.207. The van der Waals surface area contributed by atoms with Crippen LogP contribution in [0.25, 0.3) is 0 Å². The van der Waals surface area contributed by atoms with Gasteiger partial charge in [-0.15, -0.1) is 0 Å².